The van der Waals surface area contributed by atoms with Crippen LogP contribution >= 0.6 is 0 Å². The lowest BCUT2D eigenvalue weighted by Crippen LogP contribution is -2.33. The molecule has 5 rings (SSSR count). The number of fused-ring (bicyclic) bond motifs is 2. The normalized spacial score (nSPS) is 17.7. The largest absolute Gasteiger partial charge is 0.280 e. The monoisotopic (exact) mass is 465 g/mol. The quantitative estimate of drug-likeness (QED) is 0.583. The van der Waals surface area contributed by atoms with Gasteiger partial charge in [0.25, 0.3) is 11.8 Å². The minimum absolute atomic E-state index is 0.0194. The first-order valence-corrected chi connectivity index (χ1v) is 12.0. The van der Waals surface area contributed by atoms with Crippen molar-refractivity contribution >= 4 is 21.8 Å². The number of benzene rings is 2. The van der Waals surface area contributed by atoms with E-state index in [1.165, 1.54) is 18.3 Å². The van der Waals surface area contributed by atoms with Crippen LogP contribution in [0.3, 0.4) is 0 Å². The lowest BCUT2D eigenvalue weighted by Gasteiger charge is -2.26. The third-order valence-corrected chi connectivity index (χ3v) is 7.60. The lowest BCUT2D eigenvalue weighted by atomic mass is 9.88. The second-order valence-electron chi connectivity index (χ2n) is 8.11. The molecular weight excluding hydrogens is 445 g/mol. The maximum atomic E-state index is 14.1. The second-order valence-corrected chi connectivity index (χ2v) is 9.80. The van der Waals surface area contributed by atoms with E-state index in [0.29, 0.717) is 6.42 Å². The molecule has 2 heterocycles. The number of hydrogen-bond acceptors (Lipinski definition) is 5. The number of carbonyl (C=O) groups excluding carboxylic acids is 2. The summed E-state index contributed by atoms with van der Waals surface area (Å²) >= 11 is 0. The molecule has 0 saturated carbocycles. The van der Waals surface area contributed by atoms with Crippen LogP contribution in [0.15, 0.2) is 65.7 Å². The highest BCUT2D eigenvalue weighted by molar-refractivity contribution is 7.89. The van der Waals surface area contributed by atoms with Crippen LogP contribution in [0.25, 0.3) is 0 Å². The number of halogens is 1. The van der Waals surface area contributed by atoms with Crippen molar-refractivity contribution in [3.8, 4) is 0 Å². The van der Waals surface area contributed by atoms with Gasteiger partial charge in [0.15, 0.2) is 0 Å². The molecule has 0 spiro atoms. The summed E-state index contributed by atoms with van der Waals surface area (Å²) in [5, 5.41) is 0. The molecule has 7 nitrogen and oxygen atoms in total. The summed E-state index contributed by atoms with van der Waals surface area (Å²) in [5.74, 6) is -1.91. The van der Waals surface area contributed by atoms with Gasteiger partial charge in [0, 0.05) is 12.2 Å². The lowest BCUT2D eigenvalue weighted by molar-refractivity contribution is 0.0639. The molecule has 2 aromatic carbocycles. The predicted molar refractivity (Wildman–Crippen MR) is 117 cm³/mol. The Kier molecular flexibility index (Phi) is 5.30. The van der Waals surface area contributed by atoms with Crippen molar-refractivity contribution in [3.05, 3.63) is 94.6 Å². The molecule has 9 heteroatoms. The van der Waals surface area contributed by atoms with Crippen LogP contribution in [0.4, 0.5) is 4.39 Å². The van der Waals surface area contributed by atoms with E-state index in [9.17, 15) is 22.4 Å². The highest BCUT2D eigenvalue weighted by Crippen LogP contribution is 2.32. The van der Waals surface area contributed by atoms with Gasteiger partial charge >= 0.3 is 0 Å². The van der Waals surface area contributed by atoms with E-state index in [1.807, 2.05) is 24.3 Å². The third kappa shape index (κ3) is 3.83. The molecule has 1 aromatic heterocycles. The molecule has 168 valence electrons. The van der Waals surface area contributed by atoms with E-state index in [1.54, 1.807) is 6.07 Å². The van der Waals surface area contributed by atoms with Gasteiger partial charge in [0.05, 0.1) is 17.0 Å². The van der Waals surface area contributed by atoms with Gasteiger partial charge in [-0.2, -0.15) is 0 Å². The number of nitrogens with zero attached hydrogens (tertiary/aromatic N) is 2. The fourth-order valence-corrected chi connectivity index (χ4v) is 5.96. The predicted octanol–water partition coefficient (Wildman–Crippen LogP) is 3.37. The average Bonchev–Trinajstić information content (AvgIpc) is 3.05. The molecule has 1 aliphatic carbocycles. The summed E-state index contributed by atoms with van der Waals surface area (Å²) < 4.78 is 43.6. The van der Waals surface area contributed by atoms with Crippen molar-refractivity contribution in [3.63, 3.8) is 0 Å². The summed E-state index contributed by atoms with van der Waals surface area (Å²) in [7, 11) is -4.15. The summed E-state index contributed by atoms with van der Waals surface area (Å²) in [5.41, 5.74) is 2.30. The SMILES string of the molecule is O=C1c2cccnc2C(=O)N1Cc1ccc(F)cc1S(=O)(=O)N[C@@H]1CCCc2ccccc21. The Morgan fingerprint density at radius 3 is 2.70 bits per heavy atom. The number of carbonyl (C=O) groups is 2. The van der Waals surface area contributed by atoms with Gasteiger partial charge in [-0.05, 0) is 60.2 Å². The Labute approximate surface area is 190 Å². The Balaban J connectivity index is 1.47. The molecule has 0 unspecified atom stereocenters. The Morgan fingerprint density at radius 2 is 1.88 bits per heavy atom. The van der Waals surface area contributed by atoms with Crippen molar-refractivity contribution in [2.75, 3.05) is 0 Å². The molecule has 1 N–H and O–H groups in total. The number of rotatable bonds is 5. The second kappa shape index (κ2) is 8.17. The van der Waals surface area contributed by atoms with Crippen LogP contribution in [0.2, 0.25) is 0 Å². The number of aryl methyl sites for hydroxylation is 1. The average molecular weight is 466 g/mol. The molecule has 1 atom stereocenters. The molecule has 2 amide bonds. The molecule has 0 saturated heterocycles. The smallest absolute Gasteiger partial charge is 0.268 e. The van der Waals surface area contributed by atoms with E-state index in [0.717, 1.165) is 41.0 Å². The topological polar surface area (TPSA) is 96.4 Å². The Morgan fingerprint density at radius 1 is 1.06 bits per heavy atom. The van der Waals surface area contributed by atoms with Gasteiger partial charge in [-0.25, -0.2) is 17.5 Å². The molecule has 0 fully saturated rings. The van der Waals surface area contributed by atoms with Crippen molar-refractivity contribution in [1.82, 2.24) is 14.6 Å². The van der Waals surface area contributed by atoms with E-state index in [-0.39, 0.29) is 28.3 Å². The zero-order valence-corrected chi connectivity index (χ0v) is 18.3. The van der Waals surface area contributed by atoms with Crippen LogP contribution < -0.4 is 4.72 Å². The van der Waals surface area contributed by atoms with Crippen LogP contribution in [0, 0.1) is 5.82 Å². The molecule has 0 bridgehead atoms. The number of hydrogen-bond donors (Lipinski definition) is 1. The van der Waals surface area contributed by atoms with Crippen molar-refractivity contribution in [1.29, 1.82) is 0 Å². The van der Waals surface area contributed by atoms with Crippen LogP contribution in [0.1, 0.15) is 56.4 Å². The number of sulfonamides is 1. The number of nitrogens with one attached hydrogen (secondary N) is 1. The zero-order chi connectivity index (χ0) is 23.2. The van der Waals surface area contributed by atoms with Crippen LogP contribution in [-0.4, -0.2) is 30.1 Å². The standard InChI is InChI=1S/C24H20FN3O4S/c25-17-11-10-16(14-28-23(29)19-8-4-12-26-22(19)24(28)30)21(13-17)33(31,32)27-20-9-3-6-15-5-1-2-7-18(15)20/h1-2,4-5,7-8,10-13,20,27H,3,6,9,14H2/t20-/m1/s1. The summed E-state index contributed by atoms with van der Waals surface area (Å²) in [6.45, 7) is -0.314. The summed E-state index contributed by atoms with van der Waals surface area (Å²) in [6, 6.07) is 13.5. The highest BCUT2D eigenvalue weighted by Gasteiger charge is 2.37. The molecule has 1 aliphatic heterocycles. The van der Waals surface area contributed by atoms with E-state index >= 15 is 0 Å². The summed E-state index contributed by atoms with van der Waals surface area (Å²) in [4.78, 5) is 30.0. The van der Waals surface area contributed by atoms with E-state index in [2.05, 4.69) is 9.71 Å². The fraction of sp³-hybridized carbons (Fsp3) is 0.208. The van der Waals surface area contributed by atoms with Gasteiger partial charge in [0.1, 0.15) is 11.5 Å². The maximum Gasteiger partial charge on any atom is 0.280 e. The first-order valence-electron chi connectivity index (χ1n) is 10.5. The minimum Gasteiger partial charge on any atom is -0.268 e. The fourth-order valence-electron chi connectivity index (χ4n) is 4.46. The molecular formula is C24H20FN3O4S. The van der Waals surface area contributed by atoms with Crippen LogP contribution in [-0.2, 0) is 23.0 Å². The first kappa shape index (κ1) is 21.4. The van der Waals surface area contributed by atoms with Crippen molar-refractivity contribution < 1.29 is 22.4 Å². The van der Waals surface area contributed by atoms with Crippen molar-refractivity contribution in [2.45, 2.75) is 36.7 Å². The third-order valence-electron chi connectivity index (χ3n) is 6.05. The highest BCUT2D eigenvalue weighted by atomic mass is 32.2. The zero-order valence-electron chi connectivity index (χ0n) is 17.5. The minimum atomic E-state index is -4.15. The number of aromatic nitrogens is 1. The molecule has 3 aromatic rings. The van der Waals surface area contributed by atoms with Gasteiger partial charge in [-0.15, -0.1) is 0 Å². The Bertz CT molecular complexity index is 1350. The first-order chi connectivity index (χ1) is 15.8. The van der Waals surface area contributed by atoms with Gasteiger partial charge in [-0.1, -0.05) is 30.3 Å². The van der Waals surface area contributed by atoms with Gasteiger partial charge < -0.3 is 0 Å². The van der Waals surface area contributed by atoms with Crippen LogP contribution in [0.5, 0.6) is 0 Å². The molecule has 0 radical (unpaired) electrons. The number of imide groups is 1. The summed E-state index contributed by atoms with van der Waals surface area (Å²) in [6.07, 6.45) is 3.72. The number of amides is 2. The number of pyridine rings is 1. The molecule has 33 heavy (non-hydrogen) atoms. The van der Waals surface area contributed by atoms with E-state index < -0.39 is 33.7 Å². The van der Waals surface area contributed by atoms with Gasteiger partial charge in [0.2, 0.25) is 10.0 Å². The molecule has 2 aliphatic rings. The van der Waals surface area contributed by atoms with E-state index in [4.69, 9.17) is 0 Å². The van der Waals surface area contributed by atoms with Crippen molar-refractivity contribution in [2.24, 2.45) is 0 Å². The maximum absolute atomic E-state index is 14.1. The Hall–Kier alpha value is -3.43. The van der Waals surface area contributed by atoms with Gasteiger partial charge in [-0.3, -0.25) is 19.5 Å².